The summed E-state index contributed by atoms with van der Waals surface area (Å²) < 4.78 is 0. The number of hydrogen-bond donors (Lipinski definition) is 1. The van der Waals surface area contributed by atoms with E-state index >= 15 is 0 Å². The molecular formula is C10H19N. The smallest absolute Gasteiger partial charge is 0.00463 e. The summed E-state index contributed by atoms with van der Waals surface area (Å²) in [5.41, 5.74) is 0. The Morgan fingerprint density at radius 2 is 1.73 bits per heavy atom. The molecule has 64 valence electrons. The predicted octanol–water partition coefficient (Wildman–Crippen LogP) is 2.18. The summed E-state index contributed by atoms with van der Waals surface area (Å²) in [5, 5.41) is 3.47. The molecule has 1 heterocycles. The molecule has 1 unspecified atom stereocenters. The second kappa shape index (κ2) is 3.57. The third-order valence-electron chi connectivity index (χ3n) is 3.06. The fourth-order valence-electron chi connectivity index (χ4n) is 2.15. The van der Waals surface area contributed by atoms with Crippen molar-refractivity contribution in [2.24, 2.45) is 11.8 Å². The van der Waals surface area contributed by atoms with Crippen LogP contribution in [0.1, 0.15) is 38.5 Å². The normalized spacial score (nSPS) is 33.3. The van der Waals surface area contributed by atoms with Gasteiger partial charge in [-0.2, -0.15) is 0 Å². The van der Waals surface area contributed by atoms with Gasteiger partial charge in [-0.15, -0.1) is 0 Å². The van der Waals surface area contributed by atoms with Crippen LogP contribution in [0.3, 0.4) is 0 Å². The van der Waals surface area contributed by atoms with E-state index in [-0.39, 0.29) is 0 Å². The molecule has 2 aliphatic rings. The quantitative estimate of drug-likeness (QED) is 0.641. The van der Waals surface area contributed by atoms with Crippen LogP contribution < -0.4 is 5.32 Å². The van der Waals surface area contributed by atoms with Crippen LogP contribution in [0, 0.1) is 11.8 Å². The van der Waals surface area contributed by atoms with Crippen LogP contribution in [0.5, 0.6) is 0 Å². The van der Waals surface area contributed by atoms with Gasteiger partial charge in [-0.3, -0.25) is 0 Å². The van der Waals surface area contributed by atoms with E-state index in [4.69, 9.17) is 0 Å². The fourth-order valence-corrected chi connectivity index (χ4v) is 2.15. The van der Waals surface area contributed by atoms with Crippen molar-refractivity contribution in [2.45, 2.75) is 38.5 Å². The Labute approximate surface area is 69.6 Å². The maximum absolute atomic E-state index is 3.47. The average molecular weight is 153 g/mol. The molecule has 1 atom stereocenters. The van der Waals surface area contributed by atoms with Crippen LogP contribution in [0.2, 0.25) is 0 Å². The Hall–Kier alpha value is -0.0400. The molecule has 1 nitrogen and oxygen atoms in total. The van der Waals surface area contributed by atoms with Crippen molar-refractivity contribution in [3.63, 3.8) is 0 Å². The molecule has 0 aromatic rings. The van der Waals surface area contributed by atoms with Gasteiger partial charge in [0.1, 0.15) is 0 Å². The van der Waals surface area contributed by atoms with Gasteiger partial charge in [0.25, 0.3) is 0 Å². The van der Waals surface area contributed by atoms with Gasteiger partial charge in [-0.25, -0.2) is 0 Å². The standard InChI is InChI=1S/C10H19N/c1-2-9(5-7-11-6-1)8-10-3-4-10/h9-11H,1-8H2. The van der Waals surface area contributed by atoms with E-state index in [1.807, 2.05) is 0 Å². The van der Waals surface area contributed by atoms with E-state index in [0.717, 1.165) is 11.8 Å². The topological polar surface area (TPSA) is 12.0 Å². The number of nitrogens with one attached hydrogen (secondary N) is 1. The highest BCUT2D eigenvalue weighted by molar-refractivity contribution is 4.78. The molecule has 1 saturated heterocycles. The zero-order valence-electron chi connectivity index (χ0n) is 7.31. The SMILES string of the molecule is C1CNCCC(CC2CC2)C1. The highest BCUT2D eigenvalue weighted by Gasteiger charge is 2.25. The van der Waals surface area contributed by atoms with Crippen molar-refractivity contribution in [2.75, 3.05) is 13.1 Å². The zero-order chi connectivity index (χ0) is 7.52. The third-order valence-corrected chi connectivity index (χ3v) is 3.06. The largest absolute Gasteiger partial charge is 0.317 e. The van der Waals surface area contributed by atoms with Crippen molar-refractivity contribution in [3.8, 4) is 0 Å². The first-order valence-electron chi connectivity index (χ1n) is 5.16. The summed E-state index contributed by atoms with van der Waals surface area (Å²) in [6.07, 6.45) is 8.95. The minimum absolute atomic E-state index is 1.07. The van der Waals surface area contributed by atoms with Gasteiger partial charge in [0, 0.05) is 0 Å². The lowest BCUT2D eigenvalue weighted by atomic mass is 9.95. The van der Waals surface area contributed by atoms with Crippen molar-refractivity contribution in [3.05, 3.63) is 0 Å². The molecule has 0 radical (unpaired) electrons. The van der Waals surface area contributed by atoms with Gasteiger partial charge in [0.2, 0.25) is 0 Å². The second-order valence-electron chi connectivity index (χ2n) is 4.23. The third kappa shape index (κ3) is 2.48. The molecule has 11 heavy (non-hydrogen) atoms. The molecule has 1 aliphatic heterocycles. The molecule has 0 bridgehead atoms. The first-order valence-corrected chi connectivity index (χ1v) is 5.16. The highest BCUT2D eigenvalue weighted by atomic mass is 14.8. The van der Waals surface area contributed by atoms with E-state index in [0.29, 0.717) is 0 Å². The lowest BCUT2D eigenvalue weighted by molar-refractivity contribution is 0.415. The maximum Gasteiger partial charge on any atom is -0.00463 e. The Bertz CT molecular complexity index is 110. The molecule has 0 amide bonds. The molecular weight excluding hydrogens is 134 g/mol. The van der Waals surface area contributed by atoms with Crippen LogP contribution in [0.25, 0.3) is 0 Å². The molecule has 0 spiro atoms. The van der Waals surface area contributed by atoms with E-state index in [1.165, 1.54) is 45.2 Å². The van der Waals surface area contributed by atoms with Crippen molar-refractivity contribution in [1.82, 2.24) is 5.32 Å². The predicted molar refractivity (Wildman–Crippen MR) is 47.6 cm³/mol. The number of hydrogen-bond acceptors (Lipinski definition) is 1. The molecule has 1 N–H and O–H groups in total. The molecule has 0 aromatic carbocycles. The van der Waals surface area contributed by atoms with Crippen LogP contribution in [-0.2, 0) is 0 Å². The van der Waals surface area contributed by atoms with Crippen molar-refractivity contribution >= 4 is 0 Å². The fraction of sp³-hybridized carbons (Fsp3) is 1.00. The summed E-state index contributed by atoms with van der Waals surface area (Å²) in [5.74, 6) is 2.20. The van der Waals surface area contributed by atoms with Gasteiger partial charge < -0.3 is 5.32 Å². The minimum atomic E-state index is 1.07. The molecule has 2 fully saturated rings. The minimum Gasteiger partial charge on any atom is -0.317 e. The lowest BCUT2D eigenvalue weighted by Crippen LogP contribution is -2.14. The average Bonchev–Trinajstić information content (AvgIpc) is 2.77. The van der Waals surface area contributed by atoms with E-state index < -0.39 is 0 Å². The summed E-state index contributed by atoms with van der Waals surface area (Å²) in [4.78, 5) is 0. The van der Waals surface area contributed by atoms with Crippen LogP contribution in [0.15, 0.2) is 0 Å². The van der Waals surface area contributed by atoms with E-state index in [1.54, 1.807) is 6.42 Å². The second-order valence-corrected chi connectivity index (χ2v) is 4.23. The Balaban J connectivity index is 1.71. The van der Waals surface area contributed by atoms with Crippen molar-refractivity contribution < 1.29 is 0 Å². The highest BCUT2D eigenvalue weighted by Crippen LogP contribution is 2.37. The molecule has 0 aromatic heterocycles. The Morgan fingerprint density at radius 3 is 2.55 bits per heavy atom. The van der Waals surface area contributed by atoms with Gasteiger partial charge in [0.15, 0.2) is 0 Å². The maximum atomic E-state index is 3.47. The molecule has 1 heteroatoms. The van der Waals surface area contributed by atoms with Gasteiger partial charge in [-0.05, 0) is 50.6 Å². The monoisotopic (exact) mass is 153 g/mol. The van der Waals surface area contributed by atoms with Crippen LogP contribution >= 0.6 is 0 Å². The van der Waals surface area contributed by atoms with Crippen LogP contribution in [0.4, 0.5) is 0 Å². The summed E-state index contributed by atoms with van der Waals surface area (Å²) >= 11 is 0. The summed E-state index contributed by atoms with van der Waals surface area (Å²) in [7, 11) is 0. The lowest BCUT2D eigenvalue weighted by Gasteiger charge is -2.11. The summed E-state index contributed by atoms with van der Waals surface area (Å²) in [6, 6.07) is 0. The zero-order valence-corrected chi connectivity index (χ0v) is 7.31. The molecule has 2 rings (SSSR count). The Morgan fingerprint density at radius 1 is 0.909 bits per heavy atom. The van der Waals surface area contributed by atoms with Gasteiger partial charge in [-0.1, -0.05) is 12.8 Å². The number of rotatable bonds is 2. The van der Waals surface area contributed by atoms with Crippen molar-refractivity contribution in [1.29, 1.82) is 0 Å². The first-order chi connectivity index (χ1) is 5.45. The molecule has 1 saturated carbocycles. The van der Waals surface area contributed by atoms with Gasteiger partial charge >= 0.3 is 0 Å². The Kier molecular flexibility index (Phi) is 2.47. The molecule has 1 aliphatic carbocycles. The van der Waals surface area contributed by atoms with E-state index in [2.05, 4.69) is 5.32 Å². The first kappa shape index (κ1) is 7.60. The van der Waals surface area contributed by atoms with Crippen LogP contribution in [-0.4, -0.2) is 13.1 Å². The summed E-state index contributed by atoms with van der Waals surface area (Å²) in [6.45, 7) is 2.54. The van der Waals surface area contributed by atoms with E-state index in [9.17, 15) is 0 Å². The van der Waals surface area contributed by atoms with Gasteiger partial charge in [0.05, 0.1) is 0 Å².